The van der Waals surface area contributed by atoms with E-state index < -0.39 is 12.3 Å². The largest absolute Gasteiger partial charge is 0.573 e. The average Bonchev–Trinajstić information content (AvgIpc) is 3.20. The predicted molar refractivity (Wildman–Crippen MR) is 93.6 cm³/mol. The maximum Gasteiger partial charge on any atom is 0.573 e. The Kier molecular flexibility index (Phi) is 5.80. The Balaban J connectivity index is 1.52. The molecule has 1 aliphatic rings. The summed E-state index contributed by atoms with van der Waals surface area (Å²) in [6.07, 6.45) is -2.49. The van der Waals surface area contributed by atoms with Crippen LogP contribution >= 0.6 is 11.3 Å². The standard InChI is InChI=1S/C16H17F3N4O3S/c17-16(18,19)26-10-3-4-11-12(7-10)27-15(22-11)23-14(25)8-21-13(24)6-9-2-1-5-20-9/h3-4,7,9,20H,1-2,5-6,8H2,(H,21,24)(H,22,23,25)/t9-/m0/s1. The normalized spacial score (nSPS) is 17.1. The molecule has 146 valence electrons. The molecule has 0 radical (unpaired) electrons. The van der Waals surface area contributed by atoms with Crippen molar-refractivity contribution in [3.05, 3.63) is 18.2 Å². The van der Waals surface area contributed by atoms with Crippen molar-refractivity contribution in [2.75, 3.05) is 18.4 Å². The first kappa shape index (κ1) is 19.4. The molecule has 0 aliphatic carbocycles. The van der Waals surface area contributed by atoms with Crippen LogP contribution in [0.2, 0.25) is 0 Å². The Morgan fingerprint density at radius 3 is 2.85 bits per heavy atom. The van der Waals surface area contributed by atoms with E-state index in [0.717, 1.165) is 36.8 Å². The second kappa shape index (κ2) is 8.09. The Labute approximate surface area is 156 Å². The maximum absolute atomic E-state index is 12.3. The Morgan fingerprint density at radius 1 is 1.33 bits per heavy atom. The highest BCUT2D eigenvalue weighted by Gasteiger charge is 2.31. The molecule has 1 aromatic heterocycles. The molecule has 3 rings (SSSR count). The number of amides is 2. The summed E-state index contributed by atoms with van der Waals surface area (Å²) in [6, 6.07) is 3.87. The van der Waals surface area contributed by atoms with Crippen molar-refractivity contribution in [1.29, 1.82) is 0 Å². The zero-order valence-corrected chi connectivity index (χ0v) is 14.9. The number of thiazole rings is 1. The van der Waals surface area contributed by atoms with E-state index in [0.29, 0.717) is 16.6 Å². The Morgan fingerprint density at radius 2 is 2.15 bits per heavy atom. The average molecular weight is 402 g/mol. The summed E-state index contributed by atoms with van der Waals surface area (Å²) in [5.74, 6) is -1.04. The van der Waals surface area contributed by atoms with E-state index in [1.165, 1.54) is 12.1 Å². The summed E-state index contributed by atoms with van der Waals surface area (Å²) in [5.41, 5.74) is 0.432. The highest BCUT2D eigenvalue weighted by Crippen LogP contribution is 2.31. The molecule has 0 saturated carbocycles. The van der Waals surface area contributed by atoms with E-state index >= 15 is 0 Å². The lowest BCUT2D eigenvalue weighted by atomic mass is 10.1. The van der Waals surface area contributed by atoms with Gasteiger partial charge in [-0.2, -0.15) is 0 Å². The zero-order chi connectivity index (χ0) is 19.4. The molecule has 0 spiro atoms. The van der Waals surface area contributed by atoms with Gasteiger partial charge < -0.3 is 20.7 Å². The number of nitrogens with zero attached hydrogens (tertiary/aromatic N) is 1. The minimum Gasteiger partial charge on any atom is -0.406 e. The fraction of sp³-hybridized carbons (Fsp3) is 0.438. The molecule has 0 unspecified atom stereocenters. The van der Waals surface area contributed by atoms with Gasteiger partial charge in [0.1, 0.15) is 5.75 Å². The van der Waals surface area contributed by atoms with Crippen molar-refractivity contribution in [3.8, 4) is 5.75 Å². The van der Waals surface area contributed by atoms with Crippen LogP contribution in [-0.4, -0.2) is 42.3 Å². The first-order valence-corrected chi connectivity index (χ1v) is 9.06. The molecule has 1 saturated heterocycles. The zero-order valence-electron chi connectivity index (χ0n) is 14.1. The van der Waals surface area contributed by atoms with E-state index in [-0.39, 0.29) is 29.4 Å². The topological polar surface area (TPSA) is 92.4 Å². The minimum absolute atomic E-state index is 0.144. The molecule has 2 aromatic rings. The van der Waals surface area contributed by atoms with Gasteiger partial charge in [0.25, 0.3) is 0 Å². The fourth-order valence-corrected chi connectivity index (χ4v) is 3.64. The summed E-state index contributed by atoms with van der Waals surface area (Å²) in [7, 11) is 0. The van der Waals surface area contributed by atoms with Gasteiger partial charge in [0.2, 0.25) is 11.8 Å². The van der Waals surface area contributed by atoms with E-state index in [1.54, 1.807) is 0 Å². The van der Waals surface area contributed by atoms with Gasteiger partial charge in [-0.3, -0.25) is 9.59 Å². The number of carbonyl (C=O) groups excluding carboxylic acids is 2. The van der Waals surface area contributed by atoms with Crippen molar-refractivity contribution in [2.45, 2.75) is 31.7 Å². The number of carbonyl (C=O) groups is 2. The van der Waals surface area contributed by atoms with Gasteiger partial charge in [-0.05, 0) is 31.5 Å². The van der Waals surface area contributed by atoms with Gasteiger partial charge in [0, 0.05) is 18.5 Å². The Hall–Kier alpha value is -2.40. The van der Waals surface area contributed by atoms with Crippen LogP contribution in [0.3, 0.4) is 0 Å². The van der Waals surface area contributed by atoms with Gasteiger partial charge >= 0.3 is 6.36 Å². The summed E-state index contributed by atoms with van der Waals surface area (Å²) in [4.78, 5) is 27.9. The number of anilines is 1. The number of fused-ring (bicyclic) bond motifs is 1. The van der Waals surface area contributed by atoms with Crippen LogP contribution in [-0.2, 0) is 9.59 Å². The first-order chi connectivity index (χ1) is 12.8. The molecule has 2 amide bonds. The van der Waals surface area contributed by atoms with Crippen LogP contribution in [0.1, 0.15) is 19.3 Å². The Bertz CT molecular complexity index is 834. The van der Waals surface area contributed by atoms with Crippen LogP contribution < -0.4 is 20.7 Å². The number of hydrogen-bond donors (Lipinski definition) is 3. The van der Waals surface area contributed by atoms with E-state index in [9.17, 15) is 22.8 Å². The number of hydrogen-bond acceptors (Lipinski definition) is 6. The third kappa shape index (κ3) is 5.79. The molecule has 3 N–H and O–H groups in total. The number of ether oxygens (including phenoxy) is 1. The van der Waals surface area contributed by atoms with Crippen LogP contribution in [0, 0.1) is 0 Å². The summed E-state index contributed by atoms with van der Waals surface area (Å²) in [5, 5.41) is 8.49. The molecule has 27 heavy (non-hydrogen) atoms. The third-order valence-electron chi connectivity index (χ3n) is 3.88. The molecule has 7 nitrogen and oxygen atoms in total. The molecule has 1 atom stereocenters. The summed E-state index contributed by atoms with van der Waals surface area (Å²) < 4.78 is 41.1. The molecule has 1 aromatic carbocycles. The second-order valence-electron chi connectivity index (χ2n) is 6.02. The van der Waals surface area contributed by atoms with Crippen molar-refractivity contribution in [2.24, 2.45) is 0 Å². The second-order valence-corrected chi connectivity index (χ2v) is 7.05. The molecule has 0 bridgehead atoms. The van der Waals surface area contributed by atoms with Gasteiger partial charge in [-0.25, -0.2) is 4.98 Å². The van der Waals surface area contributed by atoms with Crippen LogP contribution in [0.5, 0.6) is 5.75 Å². The van der Waals surface area contributed by atoms with Crippen LogP contribution in [0.4, 0.5) is 18.3 Å². The number of aromatic nitrogens is 1. The highest BCUT2D eigenvalue weighted by atomic mass is 32.1. The summed E-state index contributed by atoms with van der Waals surface area (Å²) in [6.45, 7) is 0.690. The number of nitrogens with one attached hydrogen (secondary N) is 3. The third-order valence-corrected chi connectivity index (χ3v) is 4.81. The lowest BCUT2D eigenvalue weighted by molar-refractivity contribution is -0.274. The van der Waals surface area contributed by atoms with E-state index in [4.69, 9.17) is 0 Å². The number of rotatable bonds is 6. The van der Waals surface area contributed by atoms with Crippen molar-refractivity contribution in [3.63, 3.8) is 0 Å². The number of halogens is 3. The monoisotopic (exact) mass is 402 g/mol. The van der Waals surface area contributed by atoms with Crippen molar-refractivity contribution in [1.82, 2.24) is 15.6 Å². The lowest BCUT2D eigenvalue weighted by Gasteiger charge is -2.10. The molecule has 1 aliphatic heterocycles. The SMILES string of the molecule is O=C(C[C@@H]1CCCN1)NCC(=O)Nc1nc2ccc(OC(F)(F)F)cc2s1. The van der Waals surface area contributed by atoms with Crippen molar-refractivity contribution >= 4 is 38.5 Å². The van der Waals surface area contributed by atoms with E-state index in [1.807, 2.05) is 0 Å². The van der Waals surface area contributed by atoms with Crippen LogP contribution in [0.25, 0.3) is 10.2 Å². The molecular formula is C16H17F3N4O3S. The first-order valence-electron chi connectivity index (χ1n) is 8.25. The van der Waals surface area contributed by atoms with Gasteiger partial charge in [0.15, 0.2) is 5.13 Å². The lowest BCUT2D eigenvalue weighted by Crippen LogP contribution is -2.36. The molecule has 2 heterocycles. The molecule has 11 heteroatoms. The van der Waals surface area contributed by atoms with Gasteiger partial charge in [-0.15, -0.1) is 13.2 Å². The maximum atomic E-state index is 12.3. The van der Waals surface area contributed by atoms with Crippen LogP contribution in [0.15, 0.2) is 18.2 Å². The summed E-state index contributed by atoms with van der Waals surface area (Å²) >= 11 is 1.01. The van der Waals surface area contributed by atoms with Gasteiger partial charge in [0.05, 0.1) is 16.8 Å². The molecular weight excluding hydrogens is 385 g/mol. The van der Waals surface area contributed by atoms with Gasteiger partial charge in [-0.1, -0.05) is 11.3 Å². The highest BCUT2D eigenvalue weighted by molar-refractivity contribution is 7.22. The molecule has 1 fully saturated rings. The minimum atomic E-state index is -4.78. The number of alkyl halides is 3. The van der Waals surface area contributed by atoms with E-state index in [2.05, 4.69) is 25.7 Å². The smallest absolute Gasteiger partial charge is 0.406 e. The quantitative estimate of drug-likeness (QED) is 0.690. The number of benzene rings is 1. The predicted octanol–water partition coefficient (Wildman–Crippen LogP) is 2.39. The fourth-order valence-electron chi connectivity index (χ4n) is 2.72. The van der Waals surface area contributed by atoms with Crippen molar-refractivity contribution < 1.29 is 27.5 Å².